The second kappa shape index (κ2) is 11.3. The number of halogens is 4. The van der Waals surface area contributed by atoms with Crippen molar-refractivity contribution in [2.24, 2.45) is 0 Å². The Balaban J connectivity index is 1.81. The third kappa shape index (κ3) is 7.19. The zero-order valence-electron chi connectivity index (χ0n) is 21.1. The maximum Gasteiger partial charge on any atom is 0.419 e. The summed E-state index contributed by atoms with van der Waals surface area (Å²) in [6.45, 7) is 4.39. The van der Waals surface area contributed by atoms with Crippen LogP contribution in [0, 0.1) is 0 Å². The van der Waals surface area contributed by atoms with Crippen molar-refractivity contribution >= 4 is 23.5 Å². The van der Waals surface area contributed by atoms with E-state index >= 15 is 0 Å². The molecular formula is C28H26ClF3O6. The lowest BCUT2D eigenvalue weighted by Gasteiger charge is -2.22. The summed E-state index contributed by atoms with van der Waals surface area (Å²) in [6.07, 6.45) is -4.82. The first-order valence-corrected chi connectivity index (χ1v) is 11.8. The van der Waals surface area contributed by atoms with E-state index in [2.05, 4.69) is 4.74 Å². The summed E-state index contributed by atoms with van der Waals surface area (Å²) in [5, 5.41) is 10.7. The Morgan fingerprint density at radius 3 is 2.08 bits per heavy atom. The Bertz CT molecular complexity index is 1330. The van der Waals surface area contributed by atoms with Gasteiger partial charge in [-0.15, -0.1) is 0 Å². The van der Waals surface area contributed by atoms with Gasteiger partial charge in [0.1, 0.15) is 29.3 Å². The monoisotopic (exact) mass is 550 g/mol. The maximum absolute atomic E-state index is 13.3. The third-order valence-corrected chi connectivity index (χ3v) is 5.72. The number of carbonyl (C=O) groups excluding carboxylic acids is 2. The first kappa shape index (κ1) is 28.8. The smallest absolute Gasteiger partial charge is 0.419 e. The van der Waals surface area contributed by atoms with Gasteiger partial charge < -0.3 is 19.3 Å². The van der Waals surface area contributed by atoms with Crippen molar-refractivity contribution in [1.82, 2.24) is 0 Å². The number of hydrogen-bond acceptors (Lipinski definition) is 6. The minimum absolute atomic E-state index is 0.0294. The molecule has 6 nitrogen and oxygen atoms in total. The van der Waals surface area contributed by atoms with E-state index in [0.29, 0.717) is 22.4 Å². The van der Waals surface area contributed by atoms with Crippen LogP contribution in [0.25, 0.3) is 11.1 Å². The minimum Gasteiger partial charge on any atom is -0.506 e. The summed E-state index contributed by atoms with van der Waals surface area (Å²) >= 11 is 6.30. The number of phenolic OH excluding ortho intramolecular Hbond substituents is 1. The molecule has 0 bridgehead atoms. The van der Waals surface area contributed by atoms with Gasteiger partial charge in [-0.1, -0.05) is 41.9 Å². The van der Waals surface area contributed by atoms with Crippen LogP contribution in [0.1, 0.15) is 47.8 Å². The summed E-state index contributed by atoms with van der Waals surface area (Å²) < 4.78 is 55.6. The molecule has 202 valence electrons. The molecule has 0 fully saturated rings. The summed E-state index contributed by atoms with van der Waals surface area (Å²) in [7, 11) is 1.30. The molecule has 0 spiro atoms. The van der Waals surface area contributed by atoms with Gasteiger partial charge in [-0.05, 0) is 61.7 Å². The van der Waals surface area contributed by atoms with Crippen LogP contribution < -0.4 is 4.74 Å². The topological polar surface area (TPSA) is 82.1 Å². The van der Waals surface area contributed by atoms with E-state index in [1.54, 1.807) is 63.2 Å². The number of esters is 2. The number of rotatable bonds is 7. The predicted octanol–water partition coefficient (Wildman–Crippen LogP) is 6.98. The molecule has 3 rings (SSSR count). The average molecular weight is 551 g/mol. The van der Waals surface area contributed by atoms with E-state index < -0.39 is 40.6 Å². The van der Waals surface area contributed by atoms with Crippen LogP contribution in [-0.4, -0.2) is 29.8 Å². The molecule has 0 aliphatic carbocycles. The Morgan fingerprint density at radius 1 is 0.921 bits per heavy atom. The molecule has 0 radical (unpaired) electrons. The molecule has 0 heterocycles. The number of phenols is 1. The molecular weight excluding hydrogens is 525 g/mol. The second-order valence-electron chi connectivity index (χ2n) is 9.37. The molecule has 0 aliphatic heterocycles. The standard InChI is InChI=1S/C28H26ClF3O6/c1-27(2,3)38-26(35)24-19(9-12-21(25(24)34)28(30,31)32)15-37-20-10-7-16(8-11-20)17-5-6-18(22(29)13-17)14-23(33)36-4/h5-13,34H,14-15H2,1-4H3. The molecule has 38 heavy (non-hydrogen) atoms. The number of methoxy groups -OCH3 is 1. The van der Waals surface area contributed by atoms with Gasteiger partial charge in [0.2, 0.25) is 0 Å². The van der Waals surface area contributed by atoms with Crippen LogP contribution >= 0.6 is 11.6 Å². The van der Waals surface area contributed by atoms with Crippen LogP contribution in [0.5, 0.6) is 11.5 Å². The predicted molar refractivity (Wildman–Crippen MR) is 135 cm³/mol. The molecule has 0 saturated carbocycles. The second-order valence-corrected chi connectivity index (χ2v) is 9.77. The normalized spacial score (nSPS) is 11.7. The highest BCUT2D eigenvalue weighted by Crippen LogP contribution is 2.39. The van der Waals surface area contributed by atoms with Crippen molar-refractivity contribution in [2.75, 3.05) is 7.11 Å². The van der Waals surface area contributed by atoms with E-state index in [0.717, 1.165) is 17.2 Å². The molecule has 0 atom stereocenters. The number of ether oxygens (including phenoxy) is 3. The highest BCUT2D eigenvalue weighted by molar-refractivity contribution is 6.31. The first-order valence-electron chi connectivity index (χ1n) is 11.4. The van der Waals surface area contributed by atoms with E-state index in [4.69, 9.17) is 21.1 Å². The maximum atomic E-state index is 13.3. The lowest BCUT2D eigenvalue weighted by Crippen LogP contribution is -2.25. The van der Waals surface area contributed by atoms with E-state index in [9.17, 15) is 27.9 Å². The van der Waals surface area contributed by atoms with Gasteiger partial charge in [0, 0.05) is 10.6 Å². The van der Waals surface area contributed by atoms with Crippen molar-refractivity contribution in [3.63, 3.8) is 0 Å². The van der Waals surface area contributed by atoms with Crippen LogP contribution in [0.2, 0.25) is 5.02 Å². The molecule has 0 unspecified atom stereocenters. The first-order chi connectivity index (χ1) is 17.7. The highest BCUT2D eigenvalue weighted by Gasteiger charge is 2.37. The van der Waals surface area contributed by atoms with Crippen LogP contribution in [0.15, 0.2) is 54.6 Å². The van der Waals surface area contributed by atoms with E-state index in [1.807, 2.05) is 0 Å². The van der Waals surface area contributed by atoms with Crippen LogP contribution in [0.4, 0.5) is 13.2 Å². The molecule has 0 aromatic heterocycles. The molecule has 0 amide bonds. The molecule has 10 heteroatoms. The Morgan fingerprint density at radius 2 is 1.53 bits per heavy atom. The fraction of sp³-hybridized carbons (Fsp3) is 0.286. The van der Waals surface area contributed by atoms with Gasteiger partial charge in [-0.3, -0.25) is 4.79 Å². The highest BCUT2D eigenvalue weighted by atomic mass is 35.5. The number of carbonyl (C=O) groups is 2. The van der Waals surface area contributed by atoms with Gasteiger partial charge in [0.05, 0.1) is 19.1 Å². The Kier molecular flexibility index (Phi) is 8.61. The summed E-state index contributed by atoms with van der Waals surface area (Å²) in [5.74, 6) is -2.34. The van der Waals surface area contributed by atoms with Gasteiger partial charge in [0.25, 0.3) is 0 Å². The summed E-state index contributed by atoms with van der Waals surface area (Å²) in [6, 6.07) is 13.8. The number of alkyl halides is 3. The average Bonchev–Trinajstić information content (AvgIpc) is 2.82. The van der Waals surface area contributed by atoms with Crippen molar-refractivity contribution in [3.05, 3.63) is 81.9 Å². The molecule has 3 aromatic carbocycles. The fourth-order valence-corrected chi connectivity index (χ4v) is 3.79. The third-order valence-electron chi connectivity index (χ3n) is 5.37. The van der Waals surface area contributed by atoms with Crippen molar-refractivity contribution < 1.29 is 42.1 Å². The number of hydrogen-bond donors (Lipinski definition) is 1. The minimum atomic E-state index is -4.86. The van der Waals surface area contributed by atoms with Crippen LogP contribution in [-0.2, 0) is 33.5 Å². The summed E-state index contributed by atoms with van der Waals surface area (Å²) in [5.41, 5.74) is -0.701. The zero-order chi connectivity index (χ0) is 28.3. The lowest BCUT2D eigenvalue weighted by atomic mass is 10.0. The zero-order valence-corrected chi connectivity index (χ0v) is 21.9. The Hall–Kier alpha value is -3.72. The number of aromatic hydroxyl groups is 1. The SMILES string of the molecule is COC(=O)Cc1ccc(-c2ccc(OCc3ccc(C(F)(F)F)c(O)c3C(=O)OC(C)(C)C)cc2)cc1Cl. The van der Waals surface area contributed by atoms with Crippen LogP contribution in [0.3, 0.4) is 0 Å². The van der Waals surface area contributed by atoms with Gasteiger partial charge in [-0.2, -0.15) is 13.2 Å². The Labute approximate surface area is 222 Å². The molecule has 1 N–H and O–H groups in total. The molecule has 0 aliphatic rings. The molecule has 3 aromatic rings. The number of benzene rings is 3. The quantitative estimate of drug-likeness (QED) is 0.320. The molecule has 0 saturated heterocycles. The van der Waals surface area contributed by atoms with Gasteiger partial charge in [0.15, 0.2) is 0 Å². The van der Waals surface area contributed by atoms with E-state index in [1.165, 1.54) is 7.11 Å². The van der Waals surface area contributed by atoms with Crippen molar-refractivity contribution in [2.45, 2.75) is 45.6 Å². The fourth-order valence-electron chi connectivity index (χ4n) is 3.54. The largest absolute Gasteiger partial charge is 0.506 e. The van der Waals surface area contributed by atoms with Crippen molar-refractivity contribution in [1.29, 1.82) is 0 Å². The lowest BCUT2D eigenvalue weighted by molar-refractivity contribution is -0.140. The van der Waals surface area contributed by atoms with Gasteiger partial charge >= 0.3 is 18.1 Å². The van der Waals surface area contributed by atoms with Crippen molar-refractivity contribution in [3.8, 4) is 22.6 Å². The summed E-state index contributed by atoms with van der Waals surface area (Å²) in [4.78, 5) is 24.2. The van der Waals surface area contributed by atoms with E-state index in [-0.39, 0.29) is 18.6 Å². The van der Waals surface area contributed by atoms with Gasteiger partial charge in [-0.25, -0.2) is 4.79 Å².